The molecule has 0 aromatic carbocycles. The minimum atomic E-state index is -4.06. The average Bonchev–Trinajstić information content (AvgIpc) is 3.47. The van der Waals surface area contributed by atoms with Gasteiger partial charge in [0, 0.05) is 14.2 Å². The van der Waals surface area contributed by atoms with Gasteiger partial charge in [0.05, 0.1) is 51.0 Å². The van der Waals surface area contributed by atoms with Crippen molar-refractivity contribution < 1.29 is 32.1 Å². The van der Waals surface area contributed by atoms with Gasteiger partial charge in [0.2, 0.25) is 16.0 Å². The molecule has 1 unspecified atom stereocenters. The first-order valence-corrected chi connectivity index (χ1v) is 13.8. The van der Waals surface area contributed by atoms with Gasteiger partial charge in [-0.05, 0) is 40.5 Å². The van der Waals surface area contributed by atoms with Gasteiger partial charge >= 0.3 is 0 Å². The van der Waals surface area contributed by atoms with Gasteiger partial charge in [0.1, 0.15) is 17.5 Å². The van der Waals surface area contributed by atoms with Crippen molar-refractivity contribution in [2.45, 2.75) is 76.2 Å². The summed E-state index contributed by atoms with van der Waals surface area (Å²) in [4.78, 5) is 8.53. The molecule has 0 saturated carbocycles. The first-order chi connectivity index (χ1) is 17.6. The van der Waals surface area contributed by atoms with E-state index in [-0.39, 0.29) is 49.3 Å². The van der Waals surface area contributed by atoms with E-state index in [0.29, 0.717) is 11.6 Å². The number of anilines is 1. The molecule has 1 aliphatic heterocycles. The van der Waals surface area contributed by atoms with Crippen molar-refractivity contribution in [1.29, 1.82) is 0 Å². The van der Waals surface area contributed by atoms with Crippen LogP contribution in [0, 0.1) is 0 Å². The quantitative estimate of drug-likeness (QED) is 0.375. The van der Waals surface area contributed by atoms with Crippen molar-refractivity contribution in [1.82, 2.24) is 24.7 Å². The number of aromatic nitrogens is 5. The van der Waals surface area contributed by atoms with Crippen molar-refractivity contribution in [3.63, 3.8) is 0 Å². The first-order valence-electron chi connectivity index (χ1n) is 12.2. The molecule has 1 aliphatic rings. The van der Waals surface area contributed by atoms with E-state index in [0.717, 1.165) is 12.8 Å². The average molecular weight is 543 g/mol. The van der Waals surface area contributed by atoms with Crippen LogP contribution in [0.4, 0.5) is 5.95 Å². The third-order valence-electron chi connectivity index (χ3n) is 6.03. The summed E-state index contributed by atoms with van der Waals surface area (Å²) >= 11 is 0. The Labute approximate surface area is 218 Å². The van der Waals surface area contributed by atoms with E-state index in [2.05, 4.69) is 24.9 Å². The number of hydrogen-bond acceptors (Lipinski definition) is 11. The molecule has 1 fully saturated rings. The van der Waals surface area contributed by atoms with Gasteiger partial charge in [-0.2, -0.15) is 0 Å². The molecule has 14 heteroatoms. The van der Waals surface area contributed by atoms with Crippen LogP contribution in [0.1, 0.15) is 70.4 Å². The summed E-state index contributed by atoms with van der Waals surface area (Å²) in [5.74, 6) is 1.23. The highest BCUT2D eigenvalue weighted by Crippen LogP contribution is 2.35. The van der Waals surface area contributed by atoms with E-state index in [9.17, 15) is 8.42 Å². The molecular formula is C23H38N6O7S. The molecule has 0 aliphatic carbocycles. The molecule has 4 atom stereocenters. The van der Waals surface area contributed by atoms with Gasteiger partial charge in [-0.1, -0.05) is 0 Å². The van der Waals surface area contributed by atoms with Crippen molar-refractivity contribution in [2.75, 3.05) is 39.3 Å². The Bertz CT molecular complexity index is 1090. The second-order valence-electron chi connectivity index (χ2n) is 9.27. The van der Waals surface area contributed by atoms with Crippen molar-refractivity contribution in [2.24, 2.45) is 0 Å². The fourth-order valence-electron chi connectivity index (χ4n) is 4.16. The molecule has 0 bridgehead atoms. The largest absolute Gasteiger partial charge is 0.494 e. The van der Waals surface area contributed by atoms with Crippen LogP contribution in [0.2, 0.25) is 0 Å². The van der Waals surface area contributed by atoms with Crippen LogP contribution in [-0.2, 0) is 29.0 Å². The molecule has 208 valence electrons. The fraction of sp³-hybridized carbons (Fsp3) is 0.739. The molecule has 1 saturated heterocycles. The van der Waals surface area contributed by atoms with E-state index in [1.165, 1.54) is 26.4 Å². The highest BCUT2D eigenvalue weighted by atomic mass is 32.2. The predicted octanol–water partition coefficient (Wildman–Crippen LogP) is 2.45. The SMILES string of the molecule is COCC(COC)n1c(NS(=O)(=O)[C@@H](C)C(OC(C)C)c2ncc(OC)cn2)nnc1[C@H]1CC[C@@H](C)O1. The van der Waals surface area contributed by atoms with Crippen LogP contribution in [0.3, 0.4) is 0 Å². The van der Waals surface area contributed by atoms with Crippen LogP contribution < -0.4 is 9.46 Å². The lowest BCUT2D eigenvalue weighted by Gasteiger charge is -2.26. The monoisotopic (exact) mass is 542 g/mol. The van der Waals surface area contributed by atoms with Crippen molar-refractivity contribution >= 4 is 16.0 Å². The molecule has 0 spiro atoms. The summed E-state index contributed by atoms with van der Waals surface area (Å²) in [6.45, 7) is 7.66. The summed E-state index contributed by atoms with van der Waals surface area (Å²) in [5.41, 5.74) is 0. The van der Waals surface area contributed by atoms with Crippen LogP contribution >= 0.6 is 0 Å². The van der Waals surface area contributed by atoms with Gasteiger partial charge < -0.3 is 23.7 Å². The number of sulfonamides is 1. The van der Waals surface area contributed by atoms with Gasteiger partial charge in [-0.3, -0.25) is 9.29 Å². The highest BCUT2D eigenvalue weighted by Gasteiger charge is 2.37. The first kappa shape index (κ1) is 29.2. The van der Waals surface area contributed by atoms with Crippen LogP contribution in [0.15, 0.2) is 12.4 Å². The second kappa shape index (κ2) is 12.9. The predicted molar refractivity (Wildman–Crippen MR) is 135 cm³/mol. The number of hydrogen-bond donors (Lipinski definition) is 1. The molecular weight excluding hydrogens is 504 g/mol. The second-order valence-corrected chi connectivity index (χ2v) is 11.3. The van der Waals surface area contributed by atoms with Crippen LogP contribution in [0.5, 0.6) is 5.75 Å². The summed E-state index contributed by atoms with van der Waals surface area (Å²) < 4.78 is 59.5. The zero-order chi connectivity index (χ0) is 27.2. The summed E-state index contributed by atoms with van der Waals surface area (Å²) in [5, 5.41) is 7.43. The van der Waals surface area contributed by atoms with E-state index >= 15 is 0 Å². The molecule has 37 heavy (non-hydrogen) atoms. The third kappa shape index (κ3) is 7.13. The molecule has 3 rings (SSSR count). The Balaban J connectivity index is 1.96. The number of methoxy groups -OCH3 is 3. The number of ether oxygens (including phenoxy) is 5. The minimum Gasteiger partial charge on any atom is -0.494 e. The maximum Gasteiger partial charge on any atom is 0.240 e. The molecule has 2 aromatic rings. The van der Waals surface area contributed by atoms with Gasteiger partial charge in [-0.25, -0.2) is 18.4 Å². The van der Waals surface area contributed by atoms with E-state index in [1.807, 2.05) is 20.8 Å². The molecule has 2 aromatic heterocycles. The topological polar surface area (TPSA) is 149 Å². The van der Waals surface area contributed by atoms with Gasteiger partial charge in [-0.15, -0.1) is 10.2 Å². The Kier molecular flexibility index (Phi) is 10.2. The molecule has 0 amide bonds. The smallest absolute Gasteiger partial charge is 0.240 e. The Morgan fingerprint density at radius 1 is 1.08 bits per heavy atom. The summed E-state index contributed by atoms with van der Waals surface area (Å²) in [7, 11) is 0.569. The third-order valence-corrected chi connectivity index (χ3v) is 7.72. The number of nitrogens with zero attached hydrogens (tertiary/aromatic N) is 5. The summed E-state index contributed by atoms with van der Waals surface area (Å²) in [6.07, 6.45) is 3.06. The molecule has 3 heterocycles. The standard InChI is InChI=1S/C23H38N6O7S/c1-14(2)35-20(21-24-10-18(34-7)11-25-21)16(4)37(30,31)28-23-27-26-22(19-9-8-15(3)36-19)29(23)17(12-32-5)13-33-6/h10-11,14-17,19-20H,8-9,12-13H2,1-7H3,(H,27,28)/t15-,16+,19-,20?/m1/s1. The lowest BCUT2D eigenvalue weighted by atomic mass is 10.2. The maximum absolute atomic E-state index is 13.6. The Morgan fingerprint density at radius 2 is 1.73 bits per heavy atom. The van der Waals surface area contributed by atoms with Crippen molar-refractivity contribution in [3.05, 3.63) is 24.0 Å². The van der Waals surface area contributed by atoms with E-state index in [4.69, 9.17) is 23.7 Å². The van der Waals surface area contributed by atoms with Crippen molar-refractivity contribution in [3.8, 4) is 5.75 Å². The highest BCUT2D eigenvalue weighted by molar-refractivity contribution is 7.93. The van der Waals surface area contributed by atoms with Gasteiger partial charge in [0.25, 0.3) is 0 Å². The minimum absolute atomic E-state index is 0.0445. The normalized spacial score (nSPS) is 19.9. The zero-order valence-corrected chi connectivity index (χ0v) is 23.3. The molecule has 0 radical (unpaired) electrons. The van der Waals surface area contributed by atoms with Crippen LogP contribution in [0.25, 0.3) is 0 Å². The summed E-state index contributed by atoms with van der Waals surface area (Å²) in [6, 6.07) is -0.389. The molecule has 1 N–H and O–H groups in total. The molecule has 13 nitrogen and oxygen atoms in total. The van der Waals surface area contributed by atoms with Crippen LogP contribution in [-0.4, -0.2) is 85.2 Å². The lowest BCUT2D eigenvalue weighted by molar-refractivity contribution is 0.00147. The lowest BCUT2D eigenvalue weighted by Crippen LogP contribution is -2.35. The van der Waals surface area contributed by atoms with E-state index in [1.54, 1.807) is 18.8 Å². The number of rotatable bonds is 14. The van der Waals surface area contributed by atoms with E-state index < -0.39 is 21.4 Å². The zero-order valence-electron chi connectivity index (χ0n) is 22.4. The Morgan fingerprint density at radius 3 is 2.24 bits per heavy atom. The van der Waals surface area contributed by atoms with Gasteiger partial charge in [0.15, 0.2) is 17.4 Å². The number of nitrogens with one attached hydrogen (secondary N) is 1. The maximum atomic E-state index is 13.6. The fourth-order valence-corrected chi connectivity index (χ4v) is 5.25. The Hall–Kier alpha value is -2.39.